The second-order valence-corrected chi connectivity index (χ2v) is 7.22. The SMILES string of the molecule is COc1ccc(-c2cn(CC[C@@](C)(CS(=O)[O-])C(=O)NO)nn2)c(Cl)c1. The number of rotatable bonds is 8. The van der Waals surface area contributed by atoms with Gasteiger partial charge in [0, 0.05) is 17.9 Å². The monoisotopic (exact) mass is 401 g/mol. The molecule has 142 valence electrons. The lowest BCUT2D eigenvalue weighted by atomic mass is 9.88. The molecule has 0 aliphatic carbocycles. The third-order valence-corrected chi connectivity index (χ3v) is 5.16. The predicted molar refractivity (Wildman–Crippen MR) is 93.5 cm³/mol. The Morgan fingerprint density at radius 2 is 2.27 bits per heavy atom. The number of amides is 1. The van der Waals surface area contributed by atoms with E-state index in [1.165, 1.54) is 24.2 Å². The normalized spacial score (nSPS) is 14.5. The van der Waals surface area contributed by atoms with Gasteiger partial charge < -0.3 is 9.29 Å². The molecule has 0 aliphatic rings. The number of carbonyl (C=O) groups is 1. The van der Waals surface area contributed by atoms with Crippen molar-refractivity contribution in [1.29, 1.82) is 0 Å². The lowest BCUT2D eigenvalue weighted by molar-refractivity contribution is -0.138. The van der Waals surface area contributed by atoms with Crippen molar-refractivity contribution in [3.8, 4) is 17.0 Å². The van der Waals surface area contributed by atoms with E-state index in [1.54, 1.807) is 24.4 Å². The molecule has 9 nitrogen and oxygen atoms in total. The number of nitrogens with one attached hydrogen (secondary N) is 1. The van der Waals surface area contributed by atoms with Crippen LogP contribution in [0.4, 0.5) is 0 Å². The maximum Gasteiger partial charge on any atom is 0.250 e. The van der Waals surface area contributed by atoms with Gasteiger partial charge in [0.15, 0.2) is 0 Å². The van der Waals surface area contributed by atoms with Crippen LogP contribution in [0, 0.1) is 5.41 Å². The maximum absolute atomic E-state index is 11.8. The summed E-state index contributed by atoms with van der Waals surface area (Å²) in [5.41, 5.74) is 1.40. The van der Waals surface area contributed by atoms with Gasteiger partial charge in [-0.3, -0.25) is 18.9 Å². The Kier molecular flexibility index (Phi) is 6.70. The van der Waals surface area contributed by atoms with Crippen molar-refractivity contribution >= 4 is 28.6 Å². The molecule has 2 N–H and O–H groups in total. The largest absolute Gasteiger partial charge is 0.772 e. The van der Waals surface area contributed by atoms with Crippen LogP contribution in [0.2, 0.25) is 5.02 Å². The minimum absolute atomic E-state index is 0.131. The summed E-state index contributed by atoms with van der Waals surface area (Å²) < 4.78 is 28.6. The average molecular weight is 402 g/mol. The standard InChI is InChI=1S/C15H19ClN4O5S/c1-15(9-26(23)24,14(21)18-22)5-6-20-8-13(17-19-20)11-4-3-10(25-2)7-12(11)16/h3-4,7-8,22H,5-6,9H2,1-2H3,(H,18,21)(H,23,24)/p-1/t15-/m0/s1. The van der Waals surface area contributed by atoms with Gasteiger partial charge in [0.1, 0.15) is 11.4 Å². The number of hydrogen-bond donors (Lipinski definition) is 2. The molecular weight excluding hydrogens is 384 g/mol. The van der Waals surface area contributed by atoms with E-state index in [9.17, 15) is 13.6 Å². The Labute approximate surface area is 157 Å². The maximum atomic E-state index is 11.8. The number of halogens is 1. The minimum atomic E-state index is -2.44. The molecule has 2 aromatic rings. The van der Waals surface area contributed by atoms with Crippen molar-refractivity contribution in [3.05, 3.63) is 29.4 Å². The Hall–Kier alpha value is -2.01. The Bertz CT molecular complexity index is 815. The molecule has 0 spiro atoms. The second-order valence-electron chi connectivity index (χ2n) is 5.91. The van der Waals surface area contributed by atoms with E-state index in [0.29, 0.717) is 22.0 Å². The first kappa shape index (κ1) is 20.3. The number of hydrogen-bond acceptors (Lipinski definition) is 7. The van der Waals surface area contributed by atoms with Crippen LogP contribution in [-0.2, 0) is 22.4 Å². The van der Waals surface area contributed by atoms with Gasteiger partial charge in [-0.2, -0.15) is 0 Å². The highest BCUT2D eigenvalue weighted by Crippen LogP contribution is 2.30. The summed E-state index contributed by atoms with van der Waals surface area (Å²) >= 11 is 3.77. The number of carbonyl (C=O) groups excluding carboxylic acids is 1. The summed E-state index contributed by atoms with van der Waals surface area (Å²) in [5, 5.41) is 17.3. The van der Waals surface area contributed by atoms with Gasteiger partial charge in [0.25, 0.3) is 0 Å². The predicted octanol–water partition coefficient (Wildman–Crippen LogP) is 1.39. The molecule has 26 heavy (non-hydrogen) atoms. The van der Waals surface area contributed by atoms with Gasteiger partial charge in [-0.15, -0.1) is 5.10 Å². The van der Waals surface area contributed by atoms with Gasteiger partial charge in [-0.1, -0.05) is 27.9 Å². The van der Waals surface area contributed by atoms with Crippen molar-refractivity contribution < 1.29 is 23.5 Å². The van der Waals surface area contributed by atoms with E-state index in [2.05, 4.69) is 10.3 Å². The molecule has 0 aliphatic heterocycles. The van der Waals surface area contributed by atoms with Crippen molar-refractivity contribution in [1.82, 2.24) is 20.5 Å². The molecule has 0 saturated carbocycles. The summed E-state index contributed by atoms with van der Waals surface area (Å²) in [4.78, 5) is 11.8. The first-order chi connectivity index (χ1) is 12.3. The molecule has 2 rings (SSSR count). The van der Waals surface area contributed by atoms with Crippen LogP contribution in [0.1, 0.15) is 13.3 Å². The highest BCUT2D eigenvalue weighted by molar-refractivity contribution is 7.79. The van der Waals surface area contributed by atoms with Crippen molar-refractivity contribution in [2.24, 2.45) is 5.41 Å². The van der Waals surface area contributed by atoms with Gasteiger partial charge in [-0.25, -0.2) is 5.48 Å². The second kappa shape index (κ2) is 8.58. The van der Waals surface area contributed by atoms with E-state index in [1.807, 2.05) is 0 Å². The number of aromatic nitrogens is 3. The molecule has 2 atom stereocenters. The summed E-state index contributed by atoms with van der Waals surface area (Å²) in [6.07, 6.45) is 1.77. The average Bonchev–Trinajstić information content (AvgIpc) is 3.07. The zero-order valence-corrected chi connectivity index (χ0v) is 15.7. The number of hydroxylamine groups is 1. The molecule has 1 amide bonds. The first-order valence-corrected chi connectivity index (χ1v) is 9.15. The minimum Gasteiger partial charge on any atom is -0.772 e. The van der Waals surface area contributed by atoms with Crippen LogP contribution in [0.15, 0.2) is 24.4 Å². The number of ether oxygens (including phenoxy) is 1. The van der Waals surface area contributed by atoms with Crippen molar-refractivity contribution in [3.63, 3.8) is 0 Å². The molecule has 0 radical (unpaired) electrons. The number of methoxy groups -OCH3 is 1. The van der Waals surface area contributed by atoms with E-state index >= 15 is 0 Å². The summed E-state index contributed by atoms with van der Waals surface area (Å²) in [7, 11) is 1.54. The van der Waals surface area contributed by atoms with Gasteiger partial charge >= 0.3 is 0 Å². The first-order valence-electron chi connectivity index (χ1n) is 7.53. The van der Waals surface area contributed by atoms with Crippen molar-refractivity contribution in [2.45, 2.75) is 19.9 Å². The fraction of sp³-hybridized carbons (Fsp3) is 0.400. The Morgan fingerprint density at radius 3 is 2.85 bits per heavy atom. The molecule has 11 heteroatoms. The van der Waals surface area contributed by atoms with Gasteiger partial charge in [0.2, 0.25) is 5.91 Å². The Balaban J connectivity index is 2.14. The van der Waals surface area contributed by atoms with Gasteiger partial charge in [0.05, 0.1) is 23.7 Å². The van der Waals surface area contributed by atoms with Crippen LogP contribution < -0.4 is 10.2 Å². The van der Waals surface area contributed by atoms with Crippen LogP contribution in [0.3, 0.4) is 0 Å². The number of benzene rings is 1. The summed E-state index contributed by atoms with van der Waals surface area (Å²) in [5.74, 6) is -0.589. The van der Waals surface area contributed by atoms with Crippen LogP contribution >= 0.6 is 11.6 Å². The summed E-state index contributed by atoms with van der Waals surface area (Å²) in [6, 6.07) is 5.15. The highest BCUT2D eigenvalue weighted by Gasteiger charge is 2.33. The van der Waals surface area contributed by atoms with E-state index in [4.69, 9.17) is 21.5 Å². The molecule has 1 heterocycles. The lowest BCUT2D eigenvalue weighted by Gasteiger charge is -2.27. The topological polar surface area (TPSA) is 129 Å². The van der Waals surface area contributed by atoms with E-state index in [-0.39, 0.29) is 13.0 Å². The molecule has 0 bridgehead atoms. The highest BCUT2D eigenvalue weighted by atomic mass is 35.5. The molecule has 1 unspecified atom stereocenters. The van der Waals surface area contributed by atoms with Crippen LogP contribution in [0.5, 0.6) is 5.75 Å². The fourth-order valence-corrected chi connectivity index (χ4v) is 3.43. The summed E-state index contributed by atoms with van der Waals surface area (Å²) in [6.45, 7) is 1.68. The lowest BCUT2D eigenvalue weighted by Crippen LogP contribution is -2.42. The number of aryl methyl sites for hydroxylation is 1. The smallest absolute Gasteiger partial charge is 0.250 e. The molecule has 1 aromatic carbocycles. The molecule has 0 saturated heterocycles. The molecular formula is C15H18ClN4O5S-. The van der Waals surface area contributed by atoms with Crippen LogP contribution in [-0.4, -0.2) is 47.7 Å². The van der Waals surface area contributed by atoms with Crippen LogP contribution in [0.25, 0.3) is 11.3 Å². The van der Waals surface area contributed by atoms with E-state index in [0.717, 1.165) is 0 Å². The van der Waals surface area contributed by atoms with Crippen molar-refractivity contribution in [2.75, 3.05) is 12.9 Å². The van der Waals surface area contributed by atoms with Gasteiger partial charge in [-0.05, 0) is 31.5 Å². The third-order valence-electron chi connectivity index (χ3n) is 3.97. The third kappa shape index (κ3) is 4.79. The fourth-order valence-electron chi connectivity index (χ4n) is 2.37. The Morgan fingerprint density at radius 1 is 1.54 bits per heavy atom. The molecule has 1 aromatic heterocycles. The quantitative estimate of drug-likeness (QED) is 0.388. The zero-order valence-electron chi connectivity index (χ0n) is 14.1. The molecule has 0 fully saturated rings. The van der Waals surface area contributed by atoms with E-state index < -0.39 is 28.2 Å². The zero-order chi connectivity index (χ0) is 19.3. The number of nitrogens with zero attached hydrogens (tertiary/aromatic N) is 3.